The quantitative estimate of drug-likeness (QED) is 0.607. The topological polar surface area (TPSA) is 73.6 Å². The highest BCUT2D eigenvalue weighted by Crippen LogP contribution is 2.31. The molecule has 1 aromatic rings. The number of hydrogen-bond acceptors (Lipinski definition) is 4. The third kappa shape index (κ3) is 4.09. The average molecular weight is 273 g/mol. The number of benzene rings is 1. The largest absolute Gasteiger partial charge is 0.477 e. The lowest BCUT2D eigenvalue weighted by Crippen LogP contribution is -2.38. The molecule has 0 aliphatic rings. The van der Waals surface area contributed by atoms with Gasteiger partial charge in [-0.1, -0.05) is 17.7 Å². The van der Waals surface area contributed by atoms with Gasteiger partial charge in [0.05, 0.1) is 17.3 Å². The van der Waals surface area contributed by atoms with Crippen LogP contribution in [0.3, 0.4) is 0 Å². The first-order valence-electron chi connectivity index (χ1n) is 5.53. The fourth-order valence-electron chi connectivity index (χ4n) is 1.30. The molecule has 1 atom stereocenters. The summed E-state index contributed by atoms with van der Waals surface area (Å²) >= 11 is 5.95. The standard InChI is InChI=1S/C12H17ClN2O3/c1-8(12(16)15-6-7-17-2)18-11-9(13)4-3-5-10(11)14/h3-5,8H,6-7,14H2,1-2H3,(H,15,16). The van der Waals surface area contributed by atoms with Gasteiger partial charge in [-0.25, -0.2) is 0 Å². The lowest BCUT2D eigenvalue weighted by atomic mass is 10.3. The third-order valence-electron chi connectivity index (χ3n) is 2.27. The van der Waals surface area contributed by atoms with Crippen LogP contribution in [-0.4, -0.2) is 32.3 Å². The Morgan fingerprint density at radius 2 is 2.28 bits per heavy atom. The first-order chi connectivity index (χ1) is 8.56. The van der Waals surface area contributed by atoms with Gasteiger partial charge in [0.15, 0.2) is 11.9 Å². The Labute approximate surface area is 111 Å². The van der Waals surface area contributed by atoms with Gasteiger partial charge >= 0.3 is 0 Å². The zero-order valence-corrected chi connectivity index (χ0v) is 11.2. The Morgan fingerprint density at radius 3 is 2.89 bits per heavy atom. The van der Waals surface area contributed by atoms with E-state index in [2.05, 4.69) is 5.32 Å². The predicted octanol–water partition coefficient (Wildman–Crippen LogP) is 1.45. The van der Waals surface area contributed by atoms with Gasteiger partial charge < -0.3 is 20.5 Å². The van der Waals surface area contributed by atoms with E-state index in [0.29, 0.717) is 29.6 Å². The molecule has 0 aliphatic heterocycles. The number of nitrogens with one attached hydrogen (secondary N) is 1. The van der Waals surface area contributed by atoms with Crippen LogP contribution in [0, 0.1) is 0 Å². The summed E-state index contributed by atoms with van der Waals surface area (Å²) in [6.07, 6.45) is -0.677. The summed E-state index contributed by atoms with van der Waals surface area (Å²) in [5, 5.41) is 3.05. The van der Waals surface area contributed by atoms with Gasteiger partial charge in [-0.3, -0.25) is 4.79 Å². The molecule has 0 bridgehead atoms. The van der Waals surface area contributed by atoms with Crippen molar-refractivity contribution >= 4 is 23.2 Å². The van der Waals surface area contributed by atoms with E-state index in [1.807, 2.05) is 0 Å². The monoisotopic (exact) mass is 272 g/mol. The van der Waals surface area contributed by atoms with Gasteiger partial charge in [0.25, 0.3) is 5.91 Å². The molecule has 3 N–H and O–H groups in total. The number of carbonyl (C=O) groups is 1. The van der Waals surface area contributed by atoms with E-state index in [-0.39, 0.29) is 5.91 Å². The van der Waals surface area contributed by atoms with E-state index < -0.39 is 6.10 Å². The summed E-state index contributed by atoms with van der Waals surface area (Å²) in [4.78, 5) is 11.7. The van der Waals surface area contributed by atoms with Gasteiger partial charge in [-0.05, 0) is 19.1 Å². The molecule has 0 aromatic heterocycles. The van der Waals surface area contributed by atoms with Crippen LogP contribution >= 0.6 is 11.6 Å². The number of carbonyl (C=O) groups excluding carboxylic acids is 1. The highest BCUT2D eigenvalue weighted by atomic mass is 35.5. The summed E-state index contributed by atoms with van der Waals surface area (Å²) in [7, 11) is 1.57. The molecule has 0 radical (unpaired) electrons. The first kappa shape index (κ1) is 14.6. The van der Waals surface area contributed by atoms with E-state index in [9.17, 15) is 4.79 Å². The molecule has 1 aromatic carbocycles. The zero-order valence-electron chi connectivity index (χ0n) is 10.4. The van der Waals surface area contributed by atoms with Crippen molar-refractivity contribution in [2.45, 2.75) is 13.0 Å². The number of rotatable bonds is 6. The second-order valence-corrected chi connectivity index (χ2v) is 4.11. The molecule has 0 saturated carbocycles. The number of amides is 1. The SMILES string of the molecule is COCCNC(=O)C(C)Oc1c(N)cccc1Cl. The molecule has 18 heavy (non-hydrogen) atoms. The Kier molecular flexibility index (Phi) is 5.74. The predicted molar refractivity (Wildman–Crippen MR) is 70.8 cm³/mol. The Balaban J connectivity index is 2.58. The second kappa shape index (κ2) is 7.08. The fraction of sp³-hybridized carbons (Fsp3) is 0.417. The first-order valence-corrected chi connectivity index (χ1v) is 5.91. The molecular formula is C12H17ClN2O3. The zero-order chi connectivity index (χ0) is 13.5. The molecule has 6 heteroatoms. The molecule has 0 fully saturated rings. The maximum absolute atomic E-state index is 11.7. The van der Waals surface area contributed by atoms with Crippen molar-refractivity contribution in [3.05, 3.63) is 23.2 Å². The van der Waals surface area contributed by atoms with Crippen LogP contribution in [0.4, 0.5) is 5.69 Å². The smallest absolute Gasteiger partial charge is 0.260 e. The molecule has 1 amide bonds. The maximum Gasteiger partial charge on any atom is 0.260 e. The fourth-order valence-corrected chi connectivity index (χ4v) is 1.53. The van der Waals surface area contributed by atoms with E-state index in [1.165, 1.54) is 0 Å². The van der Waals surface area contributed by atoms with Gasteiger partial charge in [0.2, 0.25) is 0 Å². The van der Waals surface area contributed by atoms with E-state index >= 15 is 0 Å². The van der Waals surface area contributed by atoms with E-state index in [0.717, 1.165) is 0 Å². The second-order valence-electron chi connectivity index (χ2n) is 3.70. The number of para-hydroxylation sites is 1. The summed E-state index contributed by atoms with van der Waals surface area (Å²) in [6.45, 7) is 2.51. The van der Waals surface area contributed by atoms with Crippen LogP contribution in [0.2, 0.25) is 5.02 Å². The summed E-state index contributed by atoms with van der Waals surface area (Å²) in [5.41, 5.74) is 6.13. The number of methoxy groups -OCH3 is 1. The molecular weight excluding hydrogens is 256 g/mol. The van der Waals surface area contributed by atoms with E-state index in [1.54, 1.807) is 32.2 Å². The molecule has 1 unspecified atom stereocenters. The van der Waals surface area contributed by atoms with Crippen molar-refractivity contribution in [1.82, 2.24) is 5.32 Å². The van der Waals surface area contributed by atoms with Crippen LogP contribution in [0.5, 0.6) is 5.75 Å². The Morgan fingerprint density at radius 1 is 1.56 bits per heavy atom. The van der Waals surface area contributed by atoms with Crippen molar-refractivity contribution < 1.29 is 14.3 Å². The lowest BCUT2D eigenvalue weighted by Gasteiger charge is -2.16. The van der Waals surface area contributed by atoms with Crippen LogP contribution in [-0.2, 0) is 9.53 Å². The number of ether oxygens (including phenoxy) is 2. The molecule has 0 aliphatic carbocycles. The molecule has 0 spiro atoms. The number of nitrogens with two attached hydrogens (primary N) is 1. The number of nitrogen functional groups attached to an aromatic ring is 1. The molecule has 0 heterocycles. The minimum absolute atomic E-state index is 0.244. The number of anilines is 1. The van der Waals surface area contributed by atoms with Crippen molar-refractivity contribution in [3.63, 3.8) is 0 Å². The Hall–Kier alpha value is -1.46. The van der Waals surface area contributed by atoms with Gasteiger partial charge in [0.1, 0.15) is 0 Å². The third-order valence-corrected chi connectivity index (χ3v) is 2.56. The van der Waals surface area contributed by atoms with E-state index in [4.69, 9.17) is 26.8 Å². The maximum atomic E-state index is 11.7. The van der Waals surface area contributed by atoms with Crippen molar-refractivity contribution in [2.24, 2.45) is 0 Å². The Bertz CT molecular complexity index is 392. The summed E-state index contributed by atoms with van der Waals surface area (Å²) < 4.78 is 10.3. The molecule has 100 valence electrons. The highest BCUT2D eigenvalue weighted by molar-refractivity contribution is 6.32. The number of halogens is 1. The van der Waals surface area contributed by atoms with Crippen LogP contribution < -0.4 is 15.8 Å². The summed E-state index contributed by atoms with van der Waals surface area (Å²) in [6, 6.07) is 5.04. The van der Waals surface area contributed by atoms with Crippen LogP contribution in [0.1, 0.15) is 6.92 Å². The van der Waals surface area contributed by atoms with Crippen LogP contribution in [0.25, 0.3) is 0 Å². The minimum Gasteiger partial charge on any atom is -0.477 e. The summed E-state index contributed by atoms with van der Waals surface area (Å²) in [5.74, 6) is 0.0833. The van der Waals surface area contributed by atoms with Crippen molar-refractivity contribution in [2.75, 3.05) is 26.0 Å². The highest BCUT2D eigenvalue weighted by Gasteiger charge is 2.17. The minimum atomic E-state index is -0.677. The molecule has 5 nitrogen and oxygen atoms in total. The molecule has 1 rings (SSSR count). The van der Waals surface area contributed by atoms with Gasteiger partial charge in [-0.2, -0.15) is 0 Å². The van der Waals surface area contributed by atoms with Crippen molar-refractivity contribution in [1.29, 1.82) is 0 Å². The lowest BCUT2D eigenvalue weighted by molar-refractivity contribution is -0.127. The van der Waals surface area contributed by atoms with Gasteiger partial charge in [-0.15, -0.1) is 0 Å². The normalized spacial score (nSPS) is 11.9. The molecule has 0 saturated heterocycles. The average Bonchev–Trinajstić information content (AvgIpc) is 2.34. The van der Waals surface area contributed by atoms with Crippen LogP contribution in [0.15, 0.2) is 18.2 Å². The van der Waals surface area contributed by atoms with Crippen molar-refractivity contribution in [3.8, 4) is 5.75 Å². The van der Waals surface area contributed by atoms with Gasteiger partial charge in [0, 0.05) is 13.7 Å². The number of hydrogen-bond donors (Lipinski definition) is 2.